The van der Waals surface area contributed by atoms with Crippen molar-refractivity contribution in [2.24, 2.45) is 21.6 Å². The van der Waals surface area contributed by atoms with Crippen molar-refractivity contribution in [3.8, 4) is 0 Å². The van der Waals surface area contributed by atoms with Crippen LogP contribution in [0.1, 0.15) is 11.1 Å². The number of urea groups is 1. The fourth-order valence-electron chi connectivity index (χ4n) is 1.85. The molecule has 34 heavy (non-hydrogen) atoms. The first kappa shape index (κ1) is 30.6. The summed E-state index contributed by atoms with van der Waals surface area (Å²) in [6.07, 6.45) is 1.01. The fraction of sp³-hybridized carbons (Fsp3) is 0.111. The lowest BCUT2D eigenvalue weighted by Gasteiger charge is -2.07. The van der Waals surface area contributed by atoms with Crippen molar-refractivity contribution in [1.82, 2.24) is 10.0 Å². The van der Waals surface area contributed by atoms with Gasteiger partial charge in [0.2, 0.25) is 0 Å². The van der Waals surface area contributed by atoms with Gasteiger partial charge in [0.15, 0.2) is 10.2 Å². The van der Waals surface area contributed by atoms with Crippen LogP contribution in [0.4, 0.5) is 4.79 Å². The molecule has 2 amide bonds. The molecule has 0 fully saturated rings. The van der Waals surface area contributed by atoms with E-state index in [0.717, 1.165) is 17.2 Å². The van der Waals surface area contributed by atoms with Crippen molar-refractivity contribution in [2.75, 3.05) is 0 Å². The number of carbonyl (C=O) groups excluding carboxylic acids is 2. The van der Waals surface area contributed by atoms with Crippen LogP contribution in [-0.2, 0) is 24.8 Å². The Hall–Kier alpha value is -3.43. The van der Waals surface area contributed by atoms with Crippen molar-refractivity contribution in [3.63, 3.8) is 0 Å². The zero-order chi connectivity index (χ0) is 26.5. The van der Waals surface area contributed by atoms with Crippen LogP contribution in [-0.4, -0.2) is 39.2 Å². The Morgan fingerprint density at radius 2 is 1.24 bits per heavy atom. The van der Waals surface area contributed by atoms with Crippen molar-refractivity contribution >= 4 is 66.8 Å². The lowest BCUT2D eigenvalue weighted by Crippen LogP contribution is -2.44. The first-order chi connectivity index (χ1) is 15.6. The molecule has 8 N–H and O–H groups in total. The minimum atomic E-state index is -3.90. The zero-order valence-electron chi connectivity index (χ0n) is 17.9. The van der Waals surface area contributed by atoms with Crippen LogP contribution < -0.4 is 27.2 Å². The summed E-state index contributed by atoms with van der Waals surface area (Å²) in [5, 5.41) is 1.66. The molecule has 0 heterocycles. The normalized spacial score (nSPS) is 10.1. The Labute approximate surface area is 207 Å². The Morgan fingerprint density at radius 3 is 1.59 bits per heavy atom. The number of nitrogens with two attached hydrogens (primary N) is 3. The van der Waals surface area contributed by atoms with Gasteiger partial charge >= 0.3 is 6.03 Å². The summed E-state index contributed by atoms with van der Waals surface area (Å²) >= 11 is 8.50. The monoisotopic (exact) mass is 546 g/mol. The van der Waals surface area contributed by atoms with E-state index in [1.165, 1.54) is 24.3 Å². The summed E-state index contributed by atoms with van der Waals surface area (Å²) in [5.74, 6) is 0. The largest absolute Gasteiger partial charge is 0.377 e. The summed E-state index contributed by atoms with van der Waals surface area (Å²) < 4.78 is 50.1. The average Bonchev–Trinajstić information content (AvgIpc) is 2.67. The minimum absolute atomic E-state index is 0.000000000000000222. The molecular weight excluding hydrogens is 525 g/mol. The van der Waals surface area contributed by atoms with E-state index in [9.17, 15) is 26.4 Å². The van der Waals surface area contributed by atoms with E-state index in [2.05, 4.69) is 40.3 Å². The van der Waals surface area contributed by atoms with Crippen molar-refractivity contribution in [1.29, 1.82) is 0 Å². The first-order valence-electron chi connectivity index (χ1n) is 8.76. The number of thiocarbonyl (C=S) groups is 2. The van der Waals surface area contributed by atoms with Crippen molar-refractivity contribution in [2.45, 2.75) is 23.6 Å². The van der Waals surface area contributed by atoms with E-state index < -0.39 is 26.1 Å². The van der Waals surface area contributed by atoms with Crippen LogP contribution in [0.25, 0.3) is 0 Å². The maximum Gasteiger partial charge on any atom is 0.334 e. The summed E-state index contributed by atoms with van der Waals surface area (Å²) in [4.78, 5) is 20.9. The average molecular weight is 547 g/mol. The van der Waals surface area contributed by atoms with Gasteiger partial charge in [0.05, 0.1) is 9.79 Å². The Morgan fingerprint density at radius 1 is 0.853 bits per heavy atom. The van der Waals surface area contributed by atoms with E-state index in [0.29, 0.717) is 0 Å². The number of isocyanates is 1. The molecule has 2 rings (SSSR count). The van der Waals surface area contributed by atoms with E-state index in [-0.39, 0.29) is 20.0 Å². The van der Waals surface area contributed by atoms with Crippen LogP contribution in [0.2, 0.25) is 0 Å². The molecule has 2 aromatic rings. The number of amides is 2. The molecule has 0 aliphatic heterocycles. The third-order valence-corrected chi connectivity index (χ3v) is 5.90. The van der Waals surface area contributed by atoms with Gasteiger partial charge in [-0.3, -0.25) is 5.32 Å². The van der Waals surface area contributed by atoms with Crippen molar-refractivity contribution in [3.05, 3.63) is 59.7 Å². The van der Waals surface area contributed by atoms with Gasteiger partial charge in [-0.1, -0.05) is 39.8 Å². The van der Waals surface area contributed by atoms with Crippen LogP contribution in [0.15, 0.2) is 62.7 Å². The highest BCUT2D eigenvalue weighted by atomic mass is 32.2. The molecule has 0 aliphatic rings. The highest BCUT2D eigenvalue weighted by Gasteiger charge is 2.17. The zero-order valence-corrected chi connectivity index (χ0v) is 21.1. The molecule has 0 aliphatic carbocycles. The number of carbonyl (C=O) groups is 1. The Kier molecular flexibility index (Phi) is 12.6. The second kappa shape index (κ2) is 14.0. The summed E-state index contributed by atoms with van der Waals surface area (Å²) in [5.41, 5.74) is 16.1. The Bertz CT molecular complexity index is 1270. The molecule has 0 spiro atoms. The maximum absolute atomic E-state index is 11.7. The lowest BCUT2D eigenvalue weighted by molar-refractivity contribution is 0.250. The summed E-state index contributed by atoms with van der Waals surface area (Å²) in [6.45, 7) is 3.66. The number of aryl methyl sites for hydroxylation is 2. The van der Waals surface area contributed by atoms with E-state index in [1.54, 1.807) is 29.0 Å². The number of rotatable bonds is 4. The molecule has 0 saturated heterocycles. The van der Waals surface area contributed by atoms with Crippen LogP contribution in [0.3, 0.4) is 0 Å². The molecule has 0 radical (unpaired) electrons. The number of nitrogens with zero attached hydrogens (tertiary/aromatic N) is 1. The third-order valence-electron chi connectivity index (χ3n) is 3.27. The predicted octanol–water partition coefficient (Wildman–Crippen LogP) is 0.435. The van der Waals surface area contributed by atoms with Gasteiger partial charge in [-0.2, -0.15) is 8.42 Å². The topological polar surface area (TPSA) is 217 Å². The van der Waals surface area contributed by atoms with Gasteiger partial charge in [-0.25, -0.2) is 22.7 Å². The highest BCUT2D eigenvalue weighted by molar-refractivity contribution is 7.90. The SMILES string of the molecule is Cc1ccc(S(=O)(=O)N=C=O)cc1.Cc1ccc(S(=O)(=O)NC(=O)NC(N)=S)cc1.NC(N)=S. The summed E-state index contributed by atoms with van der Waals surface area (Å²) in [7, 11) is -7.72. The standard InChI is InChI=1S/C9H11N3O3S2.C8H7NO3S.CH4N2S/c1-6-2-4-7(5-3-6)17(14,15)12-9(13)11-8(10)16;1-7-2-4-8(5-3-7)13(11,12)9-6-10;2-1(3)4/h2-5H,1H3,(H4,10,11,12,13,16);2-5H,1H3;(H4,2,3,4). The molecule has 184 valence electrons. The van der Waals surface area contributed by atoms with Crippen LogP contribution in [0.5, 0.6) is 0 Å². The quantitative estimate of drug-likeness (QED) is 0.201. The van der Waals surface area contributed by atoms with Crippen LogP contribution in [0, 0.1) is 13.8 Å². The fourth-order valence-corrected chi connectivity index (χ4v) is 3.53. The number of hydrogen-bond acceptors (Lipinski definition) is 8. The number of hydrogen-bond donors (Lipinski definition) is 5. The molecule has 0 atom stereocenters. The number of sulfonamides is 2. The smallest absolute Gasteiger partial charge is 0.334 e. The summed E-state index contributed by atoms with van der Waals surface area (Å²) in [6, 6.07) is 11.1. The highest BCUT2D eigenvalue weighted by Crippen LogP contribution is 2.12. The number of benzene rings is 2. The van der Waals surface area contributed by atoms with E-state index in [4.69, 9.17) is 5.73 Å². The lowest BCUT2D eigenvalue weighted by atomic mass is 10.2. The molecule has 2 aromatic carbocycles. The van der Waals surface area contributed by atoms with Crippen molar-refractivity contribution < 1.29 is 26.4 Å². The van der Waals surface area contributed by atoms with Gasteiger partial charge in [0.1, 0.15) is 0 Å². The molecule has 0 saturated carbocycles. The van der Waals surface area contributed by atoms with Gasteiger partial charge in [0.25, 0.3) is 26.1 Å². The maximum atomic E-state index is 11.7. The van der Waals surface area contributed by atoms with E-state index in [1.807, 2.05) is 19.2 Å². The first-order valence-corrected chi connectivity index (χ1v) is 12.5. The van der Waals surface area contributed by atoms with Gasteiger partial charge in [-0.15, -0.1) is 0 Å². The molecule has 0 unspecified atom stereocenters. The third kappa shape index (κ3) is 12.6. The molecule has 0 bridgehead atoms. The molecular formula is C18H22N6O6S4. The number of nitrogens with one attached hydrogen (secondary N) is 2. The predicted molar refractivity (Wildman–Crippen MR) is 134 cm³/mol. The van der Waals surface area contributed by atoms with E-state index >= 15 is 0 Å². The molecule has 0 aromatic heterocycles. The van der Waals surface area contributed by atoms with Gasteiger partial charge in [0, 0.05) is 0 Å². The molecule has 12 nitrogen and oxygen atoms in total. The van der Waals surface area contributed by atoms with Crippen LogP contribution >= 0.6 is 24.4 Å². The minimum Gasteiger partial charge on any atom is -0.377 e. The molecule has 16 heteroatoms. The van der Waals surface area contributed by atoms with Gasteiger partial charge in [-0.05, 0) is 62.5 Å². The van der Waals surface area contributed by atoms with Gasteiger partial charge < -0.3 is 17.2 Å². The second-order valence-electron chi connectivity index (χ2n) is 6.11. The second-order valence-corrected chi connectivity index (χ2v) is 10.3. The Balaban J connectivity index is 0.000000567.